The number of nitrogens with one attached hydrogen (secondary N) is 2. The van der Waals surface area contributed by atoms with Crippen molar-refractivity contribution >= 4 is 29.2 Å². The first-order valence-corrected chi connectivity index (χ1v) is 7.78. The number of benzene rings is 1. The third-order valence-electron chi connectivity index (χ3n) is 3.98. The molecule has 4 N–H and O–H groups in total. The molecule has 1 aromatic carbocycles. The fourth-order valence-corrected chi connectivity index (χ4v) is 2.87. The standard InChI is InChI=1S/C15H20ClN3O3/c1-10-2-3-11(16)8-12(10)18-14(20)9-13(15(21)22)19-6-4-17-5-7-19/h2-3,8,13,17H,4-7,9H2,1H3,(H,18,20)(H,21,22)/p+1/t13-/m1/s1. The molecule has 1 amide bonds. The van der Waals surface area contributed by atoms with Crippen LogP contribution in [-0.2, 0) is 9.59 Å². The van der Waals surface area contributed by atoms with Crippen molar-refractivity contribution in [3.8, 4) is 0 Å². The highest BCUT2D eigenvalue weighted by molar-refractivity contribution is 6.31. The van der Waals surface area contributed by atoms with E-state index in [2.05, 4.69) is 10.6 Å². The smallest absolute Gasteiger partial charge is 0.230 e. The summed E-state index contributed by atoms with van der Waals surface area (Å²) in [6.07, 6.45) is -0.0936. The number of piperazine rings is 1. The van der Waals surface area contributed by atoms with Gasteiger partial charge in [0.1, 0.15) is 32.2 Å². The largest absolute Gasteiger partial charge is 0.544 e. The molecule has 0 radical (unpaired) electrons. The lowest BCUT2D eigenvalue weighted by Crippen LogP contribution is -3.24. The molecule has 1 atom stereocenters. The van der Waals surface area contributed by atoms with Crippen LogP contribution in [0.3, 0.4) is 0 Å². The maximum absolute atomic E-state index is 12.2. The number of hydrogen-bond acceptors (Lipinski definition) is 3. The van der Waals surface area contributed by atoms with Gasteiger partial charge < -0.3 is 25.4 Å². The summed E-state index contributed by atoms with van der Waals surface area (Å²) >= 11 is 5.92. The number of carbonyl (C=O) groups excluding carboxylic acids is 2. The van der Waals surface area contributed by atoms with Crippen LogP contribution in [-0.4, -0.2) is 44.1 Å². The number of carboxylic acids is 1. The first-order valence-electron chi connectivity index (χ1n) is 7.40. The molecule has 0 aromatic heterocycles. The summed E-state index contributed by atoms with van der Waals surface area (Å²) in [7, 11) is 0. The van der Waals surface area contributed by atoms with E-state index in [0.717, 1.165) is 36.6 Å². The van der Waals surface area contributed by atoms with Crippen molar-refractivity contribution in [1.29, 1.82) is 0 Å². The van der Waals surface area contributed by atoms with E-state index in [1.54, 1.807) is 18.2 Å². The Bertz CT molecular complexity index is 559. The van der Waals surface area contributed by atoms with E-state index in [-0.39, 0.29) is 12.3 Å². The predicted molar refractivity (Wildman–Crippen MR) is 80.6 cm³/mol. The fourth-order valence-electron chi connectivity index (χ4n) is 2.70. The number of hydrogen-bond donors (Lipinski definition) is 3. The Morgan fingerprint density at radius 2 is 2.09 bits per heavy atom. The summed E-state index contributed by atoms with van der Waals surface area (Å²) in [5.41, 5.74) is 1.49. The molecule has 1 aliphatic heterocycles. The quantitative estimate of drug-likeness (QED) is 0.561. The summed E-state index contributed by atoms with van der Waals surface area (Å²) in [4.78, 5) is 24.4. The third-order valence-corrected chi connectivity index (χ3v) is 4.21. The van der Waals surface area contributed by atoms with Gasteiger partial charge in [-0.05, 0) is 24.6 Å². The van der Waals surface area contributed by atoms with E-state index >= 15 is 0 Å². The van der Waals surface area contributed by atoms with Crippen molar-refractivity contribution in [2.24, 2.45) is 0 Å². The summed E-state index contributed by atoms with van der Waals surface area (Å²) < 4.78 is 0. The SMILES string of the molecule is Cc1ccc(Cl)cc1NC(=O)C[C@H](C(=O)[O-])[NH+]1CC[NH2+]CC1. The third kappa shape index (κ3) is 4.43. The second kappa shape index (κ2) is 7.58. The van der Waals surface area contributed by atoms with Gasteiger partial charge in [-0.15, -0.1) is 0 Å². The molecule has 120 valence electrons. The van der Waals surface area contributed by atoms with Crippen LogP contribution in [0.25, 0.3) is 0 Å². The lowest BCUT2D eigenvalue weighted by atomic mass is 10.1. The van der Waals surface area contributed by atoms with Crippen molar-refractivity contribution in [2.45, 2.75) is 19.4 Å². The van der Waals surface area contributed by atoms with E-state index in [4.69, 9.17) is 11.6 Å². The summed E-state index contributed by atoms with van der Waals surface area (Å²) in [5, 5.41) is 16.8. The number of rotatable bonds is 5. The van der Waals surface area contributed by atoms with Gasteiger partial charge >= 0.3 is 0 Å². The van der Waals surface area contributed by atoms with Gasteiger partial charge in [-0.25, -0.2) is 0 Å². The molecule has 0 bridgehead atoms. The lowest BCUT2D eigenvalue weighted by Gasteiger charge is -2.30. The number of aliphatic carboxylic acids is 1. The number of carbonyl (C=O) groups is 2. The minimum atomic E-state index is -1.17. The molecule has 7 heteroatoms. The number of halogens is 1. The van der Waals surface area contributed by atoms with Crippen LogP contribution in [0, 0.1) is 6.92 Å². The zero-order chi connectivity index (χ0) is 16.1. The van der Waals surface area contributed by atoms with Gasteiger partial charge in [-0.3, -0.25) is 4.79 Å². The predicted octanol–water partition coefficient (Wildman–Crippen LogP) is -2.44. The van der Waals surface area contributed by atoms with Crippen LogP contribution in [0.1, 0.15) is 12.0 Å². The zero-order valence-corrected chi connectivity index (χ0v) is 13.3. The van der Waals surface area contributed by atoms with Gasteiger partial charge in [0, 0.05) is 10.7 Å². The molecule has 2 rings (SSSR count). The number of carboxylic acid groups (broad SMARTS) is 1. The minimum Gasteiger partial charge on any atom is -0.544 e. The van der Waals surface area contributed by atoms with Crippen LogP contribution in [0.15, 0.2) is 18.2 Å². The summed E-state index contributed by atoms with van der Waals surface area (Å²) in [6, 6.07) is 4.39. The van der Waals surface area contributed by atoms with Gasteiger partial charge in [-0.2, -0.15) is 0 Å². The summed E-state index contributed by atoms with van der Waals surface area (Å²) in [6.45, 7) is 5.04. The van der Waals surface area contributed by atoms with Crippen molar-refractivity contribution < 1.29 is 24.9 Å². The van der Waals surface area contributed by atoms with Gasteiger partial charge in [-0.1, -0.05) is 17.7 Å². The first kappa shape index (κ1) is 16.7. The Kier molecular flexibility index (Phi) is 5.76. The average molecular weight is 327 g/mol. The Balaban J connectivity index is 2.01. The lowest BCUT2D eigenvalue weighted by molar-refractivity contribution is -0.961. The molecule has 6 nitrogen and oxygen atoms in total. The normalized spacial score (nSPS) is 17.0. The molecule has 22 heavy (non-hydrogen) atoms. The molecule has 0 aliphatic carbocycles. The van der Waals surface area contributed by atoms with Crippen LogP contribution in [0.4, 0.5) is 5.69 Å². The maximum Gasteiger partial charge on any atom is 0.230 e. The zero-order valence-electron chi connectivity index (χ0n) is 12.5. The Morgan fingerprint density at radius 1 is 1.41 bits per heavy atom. The molecule has 1 heterocycles. The van der Waals surface area contributed by atoms with E-state index in [1.807, 2.05) is 6.92 Å². The van der Waals surface area contributed by atoms with E-state index in [1.165, 1.54) is 0 Å². The highest BCUT2D eigenvalue weighted by Crippen LogP contribution is 2.20. The Labute approximate surface area is 134 Å². The van der Waals surface area contributed by atoms with Crippen molar-refractivity contribution in [3.63, 3.8) is 0 Å². The molecule has 1 aliphatic rings. The van der Waals surface area contributed by atoms with Crippen molar-refractivity contribution in [2.75, 3.05) is 31.5 Å². The average Bonchev–Trinajstić information content (AvgIpc) is 2.49. The topological polar surface area (TPSA) is 90.3 Å². The number of aryl methyl sites for hydroxylation is 1. The highest BCUT2D eigenvalue weighted by Gasteiger charge is 2.29. The van der Waals surface area contributed by atoms with E-state index in [9.17, 15) is 14.7 Å². The van der Waals surface area contributed by atoms with E-state index < -0.39 is 12.0 Å². The van der Waals surface area contributed by atoms with Crippen LogP contribution in [0.2, 0.25) is 5.02 Å². The maximum atomic E-state index is 12.2. The number of amides is 1. The molecule has 1 aromatic rings. The Morgan fingerprint density at radius 3 is 2.73 bits per heavy atom. The molecule has 0 unspecified atom stereocenters. The highest BCUT2D eigenvalue weighted by atomic mass is 35.5. The fraction of sp³-hybridized carbons (Fsp3) is 0.467. The molecule has 0 spiro atoms. The molecular weight excluding hydrogens is 306 g/mol. The summed E-state index contributed by atoms with van der Waals surface area (Å²) in [5.74, 6) is -1.50. The van der Waals surface area contributed by atoms with Crippen LogP contribution < -0.4 is 20.6 Å². The van der Waals surface area contributed by atoms with Crippen LogP contribution in [0.5, 0.6) is 0 Å². The number of anilines is 1. The second-order valence-electron chi connectivity index (χ2n) is 5.61. The molecule has 1 saturated heterocycles. The van der Waals surface area contributed by atoms with Crippen LogP contribution >= 0.6 is 11.6 Å². The Hall–Kier alpha value is -1.63. The minimum absolute atomic E-state index is 0.0936. The van der Waals surface area contributed by atoms with Gasteiger partial charge in [0.2, 0.25) is 5.91 Å². The van der Waals surface area contributed by atoms with Gasteiger partial charge in [0.15, 0.2) is 0 Å². The van der Waals surface area contributed by atoms with Gasteiger partial charge in [0.25, 0.3) is 0 Å². The number of nitrogens with two attached hydrogens (primary N) is 1. The molecule has 0 saturated carbocycles. The first-order chi connectivity index (χ1) is 10.5. The van der Waals surface area contributed by atoms with E-state index in [0.29, 0.717) is 10.7 Å². The second-order valence-corrected chi connectivity index (χ2v) is 6.04. The van der Waals surface area contributed by atoms with Crippen molar-refractivity contribution in [1.82, 2.24) is 0 Å². The van der Waals surface area contributed by atoms with Crippen molar-refractivity contribution in [3.05, 3.63) is 28.8 Å². The molecule has 1 fully saturated rings. The molecular formula is C15H21ClN3O3+. The van der Waals surface area contributed by atoms with Gasteiger partial charge in [0.05, 0.1) is 12.4 Å². The number of quaternary nitrogens is 2. The monoisotopic (exact) mass is 326 g/mol.